The Balaban J connectivity index is 2.58. The zero-order valence-electron chi connectivity index (χ0n) is 7.58. The number of rotatable bonds is 1. The number of nitrogens with zero attached hydrogens (tertiary/aromatic N) is 3. The van der Waals surface area contributed by atoms with Gasteiger partial charge in [0.05, 0.1) is 11.7 Å². The molecule has 2 aromatic rings. The Morgan fingerprint density at radius 3 is 3.14 bits per heavy atom. The summed E-state index contributed by atoms with van der Waals surface area (Å²) >= 11 is 0. The van der Waals surface area contributed by atoms with Crippen molar-refractivity contribution in [2.45, 2.75) is 13.0 Å². The van der Waals surface area contributed by atoms with Crippen LogP contribution in [0, 0.1) is 0 Å². The molecule has 0 saturated heterocycles. The molecule has 14 heavy (non-hydrogen) atoms. The summed E-state index contributed by atoms with van der Waals surface area (Å²) in [5, 5.41) is 9.14. The van der Waals surface area contributed by atoms with E-state index in [0.29, 0.717) is 11.0 Å². The van der Waals surface area contributed by atoms with Gasteiger partial charge in [0, 0.05) is 6.20 Å². The van der Waals surface area contributed by atoms with E-state index in [0.717, 1.165) is 0 Å². The van der Waals surface area contributed by atoms with Gasteiger partial charge in [0.25, 0.3) is 5.91 Å². The van der Waals surface area contributed by atoms with Crippen molar-refractivity contribution in [3.05, 3.63) is 24.8 Å². The lowest BCUT2D eigenvalue weighted by molar-refractivity contribution is 0.0693. The first-order valence-electron chi connectivity index (χ1n) is 4.19. The summed E-state index contributed by atoms with van der Waals surface area (Å²) in [5.74, 6) is -0.390. The number of hydrogen-bond acceptors (Lipinski definition) is 4. The molecule has 2 heterocycles. The van der Waals surface area contributed by atoms with Crippen LogP contribution in [0.4, 0.5) is 0 Å². The van der Waals surface area contributed by atoms with Crippen LogP contribution in [0.5, 0.6) is 0 Å². The largest absolute Gasteiger partial charge is 0.384 e. The Morgan fingerprint density at radius 2 is 2.43 bits per heavy atom. The lowest BCUT2D eigenvalue weighted by Gasteiger charge is -2.04. The van der Waals surface area contributed by atoms with Gasteiger partial charge in [-0.1, -0.05) is 0 Å². The fourth-order valence-electron chi connectivity index (χ4n) is 1.24. The number of carbonyl (C=O) groups excluding carboxylic acids is 1. The van der Waals surface area contributed by atoms with Crippen molar-refractivity contribution in [3.63, 3.8) is 0 Å². The standard InChI is InChI=1S/C9H9N3O2/c1-6(13)9(14)12-5-11-7-4-10-3-2-8(7)12/h2-6,13H,1H3. The maximum absolute atomic E-state index is 11.5. The summed E-state index contributed by atoms with van der Waals surface area (Å²) in [7, 11) is 0. The summed E-state index contributed by atoms with van der Waals surface area (Å²) in [6, 6.07) is 1.68. The lowest BCUT2D eigenvalue weighted by atomic mass is 10.3. The number of hydrogen-bond donors (Lipinski definition) is 1. The molecular weight excluding hydrogens is 182 g/mol. The molecule has 0 aliphatic heterocycles. The molecule has 0 radical (unpaired) electrons. The van der Waals surface area contributed by atoms with E-state index in [-0.39, 0.29) is 0 Å². The third kappa shape index (κ3) is 1.27. The first-order valence-corrected chi connectivity index (χ1v) is 4.19. The van der Waals surface area contributed by atoms with E-state index in [2.05, 4.69) is 9.97 Å². The van der Waals surface area contributed by atoms with Crippen LogP contribution in [0.25, 0.3) is 11.0 Å². The van der Waals surface area contributed by atoms with E-state index >= 15 is 0 Å². The van der Waals surface area contributed by atoms with Gasteiger partial charge in [-0.15, -0.1) is 0 Å². The van der Waals surface area contributed by atoms with Crippen molar-refractivity contribution in [3.8, 4) is 0 Å². The quantitative estimate of drug-likeness (QED) is 0.710. The molecule has 0 spiro atoms. The van der Waals surface area contributed by atoms with Crippen LogP contribution in [-0.4, -0.2) is 31.7 Å². The second kappa shape index (κ2) is 3.19. The Hall–Kier alpha value is -1.75. The van der Waals surface area contributed by atoms with E-state index in [1.165, 1.54) is 17.8 Å². The highest BCUT2D eigenvalue weighted by Crippen LogP contribution is 2.10. The maximum Gasteiger partial charge on any atom is 0.260 e. The zero-order valence-corrected chi connectivity index (χ0v) is 7.58. The number of aliphatic hydroxyl groups is 1. The fourth-order valence-corrected chi connectivity index (χ4v) is 1.24. The number of imidazole rings is 1. The number of carbonyl (C=O) groups is 1. The predicted molar refractivity (Wildman–Crippen MR) is 49.8 cm³/mol. The van der Waals surface area contributed by atoms with E-state index in [9.17, 15) is 4.79 Å². The summed E-state index contributed by atoms with van der Waals surface area (Å²) in [5.41, 5.74) is 1.30. The minimum absolute atomic E-state index is 0.390. The van der Waals surface area contributed by atoms with Crippen LogP contribution >= 0.6 is 0 Å². The number of aromatic nitrogens is 3. The molecule has 72 valence electrons. The van der Waals surface area contributed by atoms with Crippen LogP contribution in [0.3, 0.4) is 0 Å². The molecule has 1 atom stereocenters. The average Bonchev–Trinajstić information content (AvgIpc) is 2.60. The van der Waals surface area contributed by atoms with Crippen molar-refractivity contribution in [2.24, 2.45) is 0 Å². The lowest BCUT2D eigenvalue weighted by Crippen LogP contribution is -2.22. The van der Waals surface area contributed by atoms with E-state index in [1.54, 1.807) is 18.5 Å². The van der Waals surface area contributed by atoms with Crippen LogP contribution < -0.4 is 0 Å². The smallest absolute Gasteiger partial charge is 0.260 e. The fraction of sp³-hybridized carbons (Fsp3) is 0.222. The number of pyridine rings is 1. The zero-order chi connectivity index (χ0) is 10.1. The molecule has 1 N–H and O–H groups in total. The van der Waals surface area contributed by atoms with Crippen LogP contribution in [0.15, 0.2) is 24.8 Å². The second-order valence-corrected chi connectivity index (χ2v) is 2.99. The molecule has 0 aromatic carbocycles. The molecule has 0 fully saturated rings. The molecule has 0 saturated carbocycles. The van der Waals surface area contributed by atoms with Crippen molar-refractivity contribution in [1.29, 1.82) is 0 Å². The molecule has 0 amide bonds. The second-order valence-electron chi connectivity index (χ2n) is 2.99. The van der Waals surface area contributed by atoms with Gasteiger partial charge in [-0.2, -0.15) is 0 Å². The Morgan fingerprint density at radius 1 is 1.64 bits per heavy atom. The van der Waals surface area contributed by atoms with Gasteiger partial charge in [0.2, 0.25) is 0 Å². The minimum Gasteiger partial charge on any atom is -0.384 e. The van der Waals surface area contributed by atoms with Crippen molar-refractivity contribution < 1.29 is 9.90 Å². The van der Waals surface area contributed by atoms with Gasteiger partial charge in [-0.3, -0.25) is 14.3 Å². The number of fused-ring (bicyclic) bond motifs is 1. The van der Waals surface area contributed by atoms with Crippen LogP contribution in [0.1, 0.15) is 11.7 Å². The molecule has 1 unspecified atom stereocenters. The first-order chi connectivity index (χ1) is 6.70. The summed E-state index contributed by atoms with van der Waals surface area (Å²) in [4.78, 5) is 19.3. The van der Waals surface area contributed by atoms with Gasteiger partial charge in [-0.25, -0.2) is 4.98 Å². The Kier molecular flexibility index (Phi) is 2.01. The molecule has 0 aliphatic rings. The molecule has 5 heteroatoms. The van der Waals surface area contributed by atoms with Gasteiger partial charge in [0.1, 0.15) is 17.9 Å². The van der Waals surface area contributed by atoms with Gasteiger partial charge < -0.3 is 5.11 Å². The maximum atomic E-state index is 11.5. The third-order valence-electron chi connectivity index (χ3n) is 1.94. The molecule has 0 bridgehead atoms. The normalized spacial score (nSPS) is 13.0. The molecular formula is C9H9N3O2. The Bertz CT molecular complexity index is 476. The minimum atomic E-state index is -1.03. The van der Waals surface area contributed by atoms with E-state index in [4.69, 9.17) is 5.11 Å². The molecule has 5 nitrogen and oxygen atoms in total. The predicted octanol–water partition coefficient (Wildman–Crippen LogP) is 0.452. The summed E-state index contributed by atoms with van der Waals surface area (Å²) in [6.07, 6.45) is 3.51. The molecule has 2 aromatic heterocycles. The highest BCUT2D eigenvalue weighted by molar-refractivity contribution is 5.91. The first kappa shape index (κ1) is 8.83. The topological polar surface area (TPSA) is 68.0 Å². The van der Waals surface area contributed by atoms with Gasteiger partial charge in [-0.05, 0) is 13.0 Å². The van der Waals surface area contributed by atoms with E-state index in [1.807, 2.05) is 0 Å². The average molecular weight is 191 g/mol. The van der Waals surface area contributed by atoms with Crippen LogP contribution in [-0.2, 0) is 0 Å². The summed E-state index contributed by atoms with van der Waals surface area (Å²) in [6.45, 7) is 1.43. The monoisotopic (exact) mass is 191 g/mol. The summed E-state index contributed by atoms with van der Waals surface area (Å²) < 4.78 is 1.32. The van der Waals surface area contributed by atoms with Gasteiger partial charge in [0.15, 0.2) is 0 Å². The van der Waals surface area contributed by atoms with Crippen molar-refractivity contribution >= 4 is 16.9 Å². The highest BCUT2D eigenvalue weighted by Gasteiger charge is 2.14. The Labute approximate surface area is 80.0 Å². The highest BCUT2D eigenvalue weighted by atomic mass is 16.3. The van der Waals surface area contributed by atoms with E-state index < -0.39 is 12.0 Å². The molecule has 0 aliphatic carbocycles. The third-order valence-corrected chi connectivity index (χ3v) is 1.94. The molecule has 2 rings (SSSR count). The van der Waals surface area contributed by atoms with Crippen molar-refractivity contribution in [2.75, 3.05) is 0 Å². The number of aliphatic hydroxyl groups excluding tert-OH is 1. The van der Waals surface area contributed by atoms with Gasteiger partial charge >= 0.3 is 0 Å². The van der Waals surface area contributed by atoms with Crippen molar-refractivity contribution in [1.82, 2.24) is 14.5 Å². The SMILES string of the molecule is CC(O)C(=O)n1cnc2cnccc21. The van der Waals surface area contributed by atoms with Crippen LogP contribution in [0.2, 0.25) is 0 Å².